The Morgan fingerprint density at radius 1 is 1.38 bits per heavy atom. The molecule has 10 nitrogen and oxygen atoms in total. The fourth-order valence-corrected chi connectivity index (χ4v) is 4.91. The van der Waals surface area contributed by atoms with E-state index in [0.717, 1.165) is 0 Å². The number of fused-ring (bicyclic) bond motifs is 4. The molecular weight excluding hydrogens is 378 g/mol. The minimum absolute atomic E-state index is 0.0503. The summed E-state index contributed by atoms with van der Waals surface area (Å²) in [6.45, 7) is 3.32. The highest BCUT2D eigenvalue weighted by molar-refractivity contribution is 6.25. The van der Waals surface area contributed by atoms with Crippen LogP contribution in [0.25, 0.3) is 0 Å². The molecule has 2 saturated heterocycles. The SMILES string of the molecule is CO[C@@]12[C@@H]3N[C@@H]3CN1C1=C(C(=O)C(NCCN(C)C)=C(C)C1=O)[C@@H]2COC(N)=O. The number of hydrogen-bond acceptors (Lipinski definition) is 9. The van der Waals surface area contributed by atoms with Crippen molar-refractivity contribution in [1.29, 1.82) is 0 Å². The zero-order valence-corrected chi connectivity index (χ0v) is 17.1. The van der Waals surface area contributed by atoms with Crippen LogP contribution in [0.5, 0.6) is 0 Å². The Balaban J connectivity index is 1.71. The molecule has 0 unspecified atom stereocenters. The fraction of sp³-hybridized carbons (Fsp3) is 0.632. The summed E-state index contributed by atoms with van der Waals surface area (Å²) in [6, 6.07) is 0.123. The lowest BCUT2D eigenvalue weighted by Crippen LogP contribution is -2.55. The van der Waals surface area contributed by atoms with Crippen molar-refractivity contribution in [2.75, 3.05) is 47.4 Å². The number of nitrogens with two attached hydrogens (primary N) is 1. The lowest BCUT2D eigenvalue weighted by atomic mass is 9.82. The van der Waals surface area contributed by atoms with E-state index in [1.165, 1.54) is 0 Å². The van der Waals surface area contributed by atoms with Crippen LogP contribution in [0.4, 0.5) is 4.79 Å². The molecule has 4 atom stereocenters. The highest BCUT2D eigenvalue weighted by Gasteiger charge is 2.72. The normalized spacial score (nSPS) is 32.6. The average Bonchev–Trinajstić information content (AvgIpc) is 3.27. The maximum atomic E-state index is 13.5. The number of hydrogen-bond donors (Lipinski definition) is 3. The van der Waals surface area contributed by atoms with Crippen molar-refractivity contribution in [1.82, 2.24) is 20.4 Å². The minimum atomic E-state index is -0.949. The number of rotatable bonds is 7. The second-order valence-corrected chi connectivity index (χ2v) is 8.15. The third kappa shape index (κ3) is 2.77. The Hall–Kier alpha value is -2.43. The molecule has 0 aromatic rings. The predicted molar refractivity (Wildman–Crippen MR) is 102 cm³/mol. The van der Waals surface area contributed by atoms with Gasteiger partial charge in [-0.2, -0.15) is 0 Å². The molecule has 4 aliphatic rings. The molecule has 0 radical (unpaired) electrons. The monoisotopic (exact) mass is 405 g/mol. The van der Waals surface area contributed by atoms with E-state index >= 15 is 0 Å². The van der Waals surface area contributed by atoms with E-state index in [4.69, 9.17) is 15.2 Å². The van der Waals surface area contributed by atoms with Gasteiger partial charge in [-0.25, -0.2) is 4.79 Å². The number of primary amides is 1. The first-order valence-corrected chi connectivity index (χ1v) is 9.68. The molecule has 2 fully saturated rings. The van der Waals surface area contributed by atoms with Crippen molar-refractivity contribution >= 4 is 17.7 Å². The molecular formula is C19H27N5O5. The molecule has 29 heavy (non-hydrogen) atoms. The number of carbonyl (C=O) groups is 3. The number of ketones is 2. The summed E-state index contributed by atoms with van der Waals surface area (Å²) in [5, 5.41) is 6.46. The van der Waals surface area contributed by atoms with Crippen LogP contribution in [0.1, 0.15) is 6.92 Å². The van der Waals surface area contributed by atoms with E-state index in [-0.39, 0.29) is 30.3 Å². The fourth-order valence-electron chi connectivity index (χ4n) is 4.91. The third-order valence-corrected chi connectivity index (χ3v) is 6.29. The molecule has 158 valence electrons. The van der Waals surface area contributed by atoms with Gasteiger partial charge < -0.3 is 35.6 Å². The first-order chi connectivity index (χ1) is 13.7. The van der Waals surface area contributed by atoms with Gasteiger partial charge >= 0.3 is 6.09 Å². The van der Waals surface area contributed by atoms with E-state index in [2.05, 4.69) is 10.6 Å². The second kappa shape index (κ2) is 6.82. The van der Waals surface area contributed by atoms with E-state index in [1.807, 2.05) is 23.9 Å². The van der Waals surface area contributed by atoms with Gasteiger partial charge in [0.1, 0.15) is 6.61 Å². The van der Waals surface area contributed by atoms with E-state index < -0.39 is 17.7 Å². The highest BCUT2D eigenvalue weighted by atomic mass is 16.6. The van der Waals surface area contributed by atoms with Gasteiger partial charge in [-0.3, -0.25) is 9.59 Å². The Bertz CT molecular complexity index is 850. The lowest BCUT2D eigenvalue weighted by molar-refractivity contribution is -0.137. The van der Waals surface area contributed by atoms with E-state index in [0.29, 0.717) is 42.2 Å². The number of allylic oxidation sites excluding steroid dienone is 2. The molecule has 1 amide bonds. The third-order valence-electron chi connectivity index (χ3n) is 6.29. The minimum Gasteiger partial charge on any atom is -0.449 e. The van der Waals surface area contributed by atoms with Crippen LogP contribution in [-0.2, 0) is 19.1 Å². The largest absolute Gasteiger partial charge is 0.449 e. The number of methoxy groups -OCH3 is 1. The smallest absolute Gasteiger partial charge is 0.404 e. The van der Waals surface area contributed by atoms with Crippen molar-refractivity contribution in [2.45, 2.75) is 24.7 Å². The quantitative estimate of drug-likeness (QED) is 0.343. The molecule has 4 N–H and O–H groups in total. The number of Topliss-reactive ketones (excluding diaryl/α,β-unsaturated/α-hetero) is 2. The zero-order valence-electron chi connectivity index (χ0n) is 17.1. The number of nitrogens with one attached hydrogen (secondary N) is 2. The summed E-state index contributed by atoms with van der Waals surface area (Å²) >= 11 is 0. The van der Waals surface area contributed by atoms with Crippen LogP contribution in [0.15, 0.2) is 22.5 Å². The van der Waals surface area contributed by atoms with Gasteiger partial charge in [0.15, 0.2) is 5.72 Å². The molecule has 10 heteroatoms. The van der Waals surface area contributed by atoms with Gasteiger partial charge in [-0.1, -0.05) is 0 Å². The van der Waals surface area contributed by atoms with E-state index in [9.17, 15) is 14.4 Å². The Morgan fingerprint density at radius 3 is 2.72 bits per heavy atom. The molecule has 4 rings (SSSR count). The van der Waals surface area contributed by atoms with Gasteiger partial charge in [0.25, 0.3) is 0 Å². The van der Waals surface area contributed by atoms with Crippen molar-refractivity contribution in [3.05, 3.63) is 22.5 Å². The number of nitrogens with zero attached hydrogens (tertiary/aromatic N) is 2. The summed E-state index contributed by atoms with van der Waals surface area (Å²) in [5.74, 6) is -1.07. The van der Waals surface area contributed by atoms with Crippen LogP contribution >= 0.6 is 0 Å². The number of carbonyl (C=O) groups excluding carboxylic acids is 3. The molecule has 3 aliphatic heterocycles. The lowest BCUT2D eigenvalue weighted by Gasteiger charge is -2.39. The van der Waals surface area contributed by atoms with Crippen LogP contribution < -0.4 is 16.4 Å². The first-order valence-electron chi connectivity index (χ1n) is 9.68. The number of piperazine rings is 1. The van der Waals surface area contributed by atoms with Crippen LogP contribution in [0.2, 0.25) is 0 Å². The summed E-state index contributed by atoms with van der Waals surface area (Å²) in [6.07, 6.45) is -0.930. The average molecular weight is 405 g/mol. The van der Waals surface area contributed by atoms with Crippen molar-refractivity contribution < 1.29 is 23.9 Å². The Morgan fingerprint density at radius 2 is 2.10 bits per heavy atom. The van der Waals surface area contributed by atoms with Gasteiger partial charge in [-0.15, -0.1) is 0 Å². The van der Waals surface area contributed by atoms with Gasteiger partial charge in [0, 0.05) is 43.9 Å². The second-order valence-electron chi connectivity index (χ2n) is 8.15. The maximum absolute atomic E-state index is 13.5. The molecule has 0 aromatic heterocycles. The maximum Gasteiger partial charge on any atom is 0.404 e. The van der Waals surface area contributed by atoms with Crippen LogP contribution in [-0.4, -0.2) is 92.7 Å². The molecule has 0 spiro atoms. The van der Waals surface area contributed by atoms with Crippen LogP contribution in [0.3, 0.4) is 0 Å². The van der Waals surface area contributed by atoms with Gasteiger partial charge in [-0.05, 0) is 21.0 Å². The molecule has 0 bridgehead atoms. The van der Waals surface area contributed by atoms with Crippen molar-refractivity contribution in [3.63, 3.8) is 0 Å². The topological polar surface area (TPSA) is 136 Å². The molecule has 0 aromatic carbocycles. The van der Waals surface area contributed by atoms with Crippen molar-refractivity contribution in [2.24, 2.45) is 11.7 Å². The number of amides is 1. The molecule has 1 aliphatic carbocycles. The van der Waals surface area contributed by atoms with Gasteiger partial charge in [0.2, 0.25) is 11.6 Å². The standard InChI is InChI=1S/C19H27N5O5/c1-9-13(21-5-6-23(2)3)16(26)12-10(8-29-18(20)27)19(28-4)17-11(22-17)7-24(19)14(12)15(9)25/h10-11,17,21-22H,5-8H2,1-4H3,(H2,20,27)/t10-,11+,17+,19-/m0/s1. The number of likely N-dealkylation sites (N-methyl/N-ethyl adjacent to an activating group) is 1. The summed E-state index contributed by atoms with van der Waals surface area (Å²) in [4.78, 5) is 41.9. The van der Waals surface area contributed by atoms with E-state index in [1.54, 1.807) is 14.0 Å². The zero-order chi connectivity index (χ0) is 21.1. The van der Waals surface area contributed by atoms with Crippen LogP contribution in [0, 0.1) is 5.92 Å². The molecule has 0 saturated carbocycles. The molecule has 3 heterocycles. The Labute approximate surface area is 169 Å². The Kier molecular flexibility index (Phi) is 4.67. The number of ether oxygens (including phenoxy) is 2. The summed E-state index contributed by atoms with van der Waals surface area (Å²) < 4.78 is 11.0. The summed E-state index contributed by atoms with van der Waals surface area (Å²) in [7, 11) is 5.42. The first kappa shape index (κ1) is 19.9. The summed E-state index contributed by atoms with van der Waals surface area (Å²) in [5.41, 5.74) is 5.62. The van der Waals surface area contributed by atoms with Gasteiger partial charge in [0.05, 0.1) is 23.4 Å². The van der Waals surface area contributed by atoms with Crippen molar-refractivity contribution in [3.8, 4) is 0 Å². The predicted octanol–water partition coefficient (Wildman–Crippen LogP) is -1.46. The highest BCUT2D eigenvalue weighted by Crippen LogP contribution is 2.55.